The van der Waals surface area contributed by atoms with Crippen LogP contribution >= 0.6 is 0 Å². The van der Waals surface area contributed by atoms with Gasteiger partial charge in [0.15, 0.2) is 5.82 Å². The number of para-hydroxylation sites is 1. The molecule has 0 aliphatic heterocycles. The molecule has 0 N–H and O–H groups in total. The fourth-order valence-electron chi connectivity index (χ4n) is 5.55. The van der Waals surface area contributed by atoms with Gasteiger partial charge in [0.2, 0.25) is 0 Å². The standard InChI is InChI=1S/C39H25N5/c1-3-11-26(12-4-1)27-18-20-29(21-19-27)36-31-15-7-8-16-32(31)43-39(44-36)30-22-23-33-35(25-30)42-38(34-17-9-10-24-40-34)37(41-33)28-13-5-2-6-14-28/h1-25H. The summed E-state index contributed by atoms with van der Waals surface area (Å²) < 4.78 is 0. The first-order valence-electron chi connectivity index (χ1n) is 14.5. The molecule has 0 bridgehead atoms. The fraction of sp³-hybridized carbons (Fsp3) is 0. The lowest BCUT2D eigenvalue weighted by molar-refractivity contribution is 1.22. The van der Waals surface area contributed by atoms with Gasteiger partial charge in [-0.1, -0.05) is 109 Å². The van der Waals surface area contributed by atoms with Crippen LogP contribution < -0.4 is 0 Å². The van der Waals surface area contributed by atoms with Gasteiger partial charge in [-0.2, -0.15) is 0 Å². The molecular formula is C39H25N5. The van der Waals surface area contributed by atoms with E-state index in [1.165, 1.54) is 11.1 Å². The van der Waals surface area contributed by atoms with Crippen molar-refractivity contribution in [2.24, 2.45) is 0 Å². The Labute approximate surface area is 254 Å². The molecule has 0 aliphatic carbocycles. The van der Waals surface area contributed by atoms with Crippen molar-refractivity contribution in [2.45, 2.75) is 0 Å². The molecule has 0 fully saturated rings. The van der Waals surface area contributed by atoms with E-state index >= 15 is 0 Å². The maximum absolute atomic E-state index is 5.12. The maximum atomic E-state index is 5.12. The summed E-state index contributed by atoms with van der Waals surface area (Å²) in [5.74, 6) is 0.640. The molecule has 44 heavy (non-hydrogen) atoms. The molecular weight excluding hydrogens is 538 g/mol. The van der Waals surface area contributed by atoms with Crippen LogP contribution in [0, 0.1) is 0 Å². The lowest BCUT2D eigenvalue weighted by atomic mass is 10.0. The number of nitrogens with zero attached hydrogens (tertiary/aromatic N) is 5. The van der Waals surface area contributed by atoms with Crippen LogP contribution in [0.5, 0.6) is 0 Å². The molecule has 0 aliphatic rings. The van der Waals surface area contributed by atoms with Crippen LogP contribution in [0.15, 0.2) is 152 Å². The van der Waals surface area contributed by atoms with Crippen molar-refractivity contribution in [1.29, 1.82) is 0 Å². The highest BCUT2D eigenvalue weighted by molar-refractivity contribution is 5.94. The number of aromatic nitrogens is 5. The molecule has 3 aromatic heterocycles. The number of fused-ring (bicyclic) bond motifs is 2. The summed E-state index contributed by atoms with van der Waals surface area (Å²) in [5.41, 5.74) is 10.9. The molecule has 5 nitrogen and oxygen atoms in total. The van der Waals surface area contributed by atoms with E-state index < -0.39 is 0 Å². The topological polar surface area (TPSA) is 64.5 Å². The van der Waals surface area contributed by atoms with Gasteiger partial charge in [0.05, 0.1) is 33.6 Å². The zero-order chi connectivity index (χ0) is 29.3. The Morgan fingerprint density at radius 2 is 0.955 bits per heavy atom. The van der Waals surface area contributed by atoms with E-state index in [9.17, 15) is 0 Å². The summed E-state index contributed by atoms with van der Waals surface area (Å²) in [4.78, 5) is 24.9. The maximum Gasteiger partial charge on any atom is 0.160 e. The Morgan fingerprint density at radius 3 is 1.73 bits per heavy atom. The molecule has 0 spiro atoms. The van der Waals surface area contributed by atoms with Crippen LogP contribution in [0.25, 0.3) is 78.4 Å². The Kier molecular flexibility index (Phi) is 6.39. The normalized spacial score (nSPS) is 11.2. The van der Waals surface area contributed by atoms with Gasteiger partial charge >= 0.3 is 0 Å². The molecule has 5 heteroatoms. The van der Waals surface area contributed by atoms with Crippen molar-refractivity contribution in [2.75, 3.05) is 0 Å². The smallest absolute Gasteiger partial charge is 0.160 e. The highest BCUT2D eigenvalue weighted by atomic mass is 14.9. The third kappa shape index (κ3) is 4.76. The Balaban J connectivity index is 1.26. The monoisotopic (exact) mass is 563 g/mol. The van der Waals surface area contributed by atoms with Crippen molar-refractivity contribution in [1.82, 2.24) is 24.9 Å². The molecule has 8 aromatic rings. The Hall–Kier alpha value is -6.07. The van der Waals surface area contributed by atoms with Gasteiger partial charge in [-0.3, -0.25) is 4.98 Å². The Bertz CT molecular complexity index is 2250. The minimum Gasteiger partial charge on any atom is -0.255 e. The van der Waals surface area contributed by atoms with Crippen molar-refractivity contribution in [3.8, 4) is 56.4 Å². The molecule has 5 aromatic carbocycles. The summed E-state index contributed by atoms with van der Waals surface area (Å²) in [6, 6.07) is 49.1. The van der Waals surface area contributed by atoms with Gasteiger partial charge in [-0.15, -0.1) is 0 Å². The highest BCUT2D eigenvalue weighted by Crippen LogP contribution is 2.33. The second-order valence-electron chi connectivity index (χ2n) is 10.6. The van der Waals surface area contributed by atoms with E-state index in [1.807, 2.05) is 91.0 Å². The summed E-state index contributed by atoms with van der Waals surface area (Å²) in [6.45, 7) is 0. The van der Waals surface area contributed by atoms with Crippen LogP contribution in [0.4, 0.5) is 0 Å². The molecule has 0 unspecified atom stereocenters. The van der Waals surface area contributed by atoms with Gasteiger partial charge in [-0.25, -0.2) is 19.9 Å². The molecule has 0 radical (unpaired) electrons. The molecule has 0 saturated carbocycles. The number of hydrogen-bond acceptors (Lipinski definition) is 5. The van der Waals surface area contributed by atoms with Crippen molar-refractivity contribution in [3.63, 3.8) is 0 Å². The van der Waals surface area contributed by atoms with E-state index in [0.29, 0.717) is 5.82 Å². The van der Waals surface area contributed by atoms with Crippen LogP contribution in [-0.4, -0.2) is 24.9 Å². The third-order valence-electron chi connectivity index (χ3n) is 7.75. The largest absolute Gasteiger partial charge is 0.255 e. The zero-order valence-corrected chi connectivity index (χ0v) is 23.7. The van der Waals surface area contributed by atoms with Crippen molar-refractivity contribution in [3.05, 3.63) is 152 Å². The quantitative estimate of drug-likeness (QED) is 0.209. The first kappa shape index (κ1) is 25.6. The number of benzene rings is 5. The van der Waals surface area contributed by atoms with Crippen LogP contribution in [-0.2, 0) is 0 Å². The van der Waals surface area contributed by atoms with E-state index in [1.54, 1.807) is 6.20 Å². The first-order chi connectivity index (χ1) is 21.8. The minimum atomic E-state index is 0.640. The predicted molar refractivity (Wildman–Crippen MR) is 178 cm³/mol. The molecule has 0 saturated heterocycles. The van der Waals surface area contributed by atoms with E-state index in [2.05, 4.69) is 59.6 Å². The highest BCUT2D eigenvalue weighted by Gasteiger charge is 2.16. The van der Waals surface area contributed by atoms with Crippen molar-refractivity contribution < 1.29 is 0 Å². The van der Waals surface area contributed by atoms with E-state index in [-0.39, 0.29) is 0 Å². The van der Waals surface area contributed by atoms with E-state index in [4.69, 9.17) is 19.9 Å². The van der Waals surface area contributed by atoms with E-state index in [0.717, 1.165) is 61.4 Å². The van der Waals surface area contributed by atoms with Gasteiger partial charge < -0.3 is 0 Å². The number of pyridine rings is 1. The Morgan fingerprint density at radius 1 is 0.341 bits per heavy atom. The predicted octanol–water partition coefficient (Wildman–Crippen LogP) is 9.30. The zero-order valence-electron chi connectivity index (χ0n) is 23.7. The fourth-order valence-corrected chi connectivity index (χ4v) is 5.55. The van der Waals surface area contributed by atoms with Crippen LogP contribution in [0.1, 0.15) is 0 Å². The number of hydrogen-bond donors (Lipinski definition) is 0. The second kappa shape index (κ2) is 11.0. The lowest BCUT2D eigenvalue weighted by Crippen LogP contribution is -1.98. The average molecular weight is 564 g/mol. The average Bonchev–Trinajstić information content (AvgIpc) is 3.11. The van der Waals surface area contributed by atoms with Gasteiger partial charge in [0.25, 0.3) is 0 Å². The molecule has 0 atom stereocenters. The second-order valence-corrected chi connectivity index (χ2v) is 10.6. The first-order valence-corrected chi connectivity index (χ1v) is 14.5. The molecule has 206 valence electrons. The summed E-state index contributed by atoms with van der Waals surface area (Å²) in [7, 11) is 0. The molecule has 3 heterocycles. The summed E-state index contributed by atoms with van der Waals surface area (Å²) in [5, 5.41) is 1.01. The molecule has 8 rings (SSSR count). The van der Waals surface area contributed by atoms with Crippen LogP contribution in [0.3, 0.4) is 0 Å². The third-order valence-corrected chi connectivity index (χ3v) is 7.75. The summed E-state index contributed by atoms with van der Waals surface area (Å²) in [6.07, 6.45) is 1.78. The number of rotatable bonds is 5. The van der Waals surface area contributed by atoms with Gasteiger partial charge in [0, 0.05) is 28.3 Å². The minimum absolute atomic E-state index is 0.640. The van der Waals surface area contributed by atoms with Gasteiger partial charge in [-0.05, 0) is 47.5 Å². The SMILES string of the molecule is c1ccc(-c2ccc(-c3nc(-c4ccc5nc(-c6ccccc6)c(-c6ccccn6)nc5c4)nc4ccccc34)cc2)cc1. The lowest BCUT2D eigenvalue weighted by Gasteiger charge is -2.12. The van der Waals surface area contributed by atoms with Gasteiger partial charge in [0.1, 0.15) is 5.69 Å². The molecule has 0 amide bonds. The summed E-state index contributed by atoms with van der Waals surface area (Å²) >= 11 is 0. The van der Waals surface area contributed by atoms with Crippen LogP contribution in [0.2, 0.25) is 0 Å². The van der Waals surface area contributed by atoms with Crippen molar-refractivity contribution >= 4 is 21.9 Å².